The van der Waals surface area contributed by atoms with Crippen molar-refractivity contribution in [1.82, 2.24) is 10.3 Å². The van der Waals surface area contributed by atoms with Gasteiger partial charge in [0, 0.05) is 23.4 Å². The number of hydrogen-bond acceptors (Lipinski definition) is 5. The van der Waals surface area contributed by atoms with Crippen LogP contribution in [-0.2, 0) is 4.79 Å². The summed E-state index contributed by atoms with van der Waals surface area (Å²) in [5, 5.41) is 18.0. The normalized spacial score (nSPS) is 11.0. The van der Waals surface area contributed by atoms with Gasteiger partial charge in [-0.15, -0.1) is 11.3 Å². The van der Waals surface area contributed by atoms with E-state index in [2.05, 4.69) is 10.3 Å². The van der Waals surface area contributed by atoms with E-state index >= 15 is 0 Å². The Balaban J connectivity index is 2.28. The lowest BCUT2D eigenvalue weighted by molar-refractivity contribution is -0.116. The number of nitrogens with zero attached hydrogens (tertiary/aromatic N) is 2. The number of carbonyl (C=O) groups excluding carboxylic acids is 1. The second kappa shape index (κ2) is 5.58. The van der Waals surface area contributed by atoms with Crippen molar-refractivity contribution in [3.8, 4) is 16.6 Å². The minimum Gasteiger partial charge on any atom is -0.354 e. The quantitative estimate of drug-likeness (QED) is 0.691. The van der Waals surface area contributed by atoms with Crippen molar-refractivity contribution in [1.29, 1.82) is 5.26 Å². The minimum atomic E-state index is -0.400. The van der Waals surface area contributed by atoms with Crippen LogP contribution in [0, 0.1) is 11.3 Å². The van der Waals surface area contributed by atoms with Crippen LogP contribution >= 0.6 is 22.7 Å². The largest absolute Gasteiger partial charge is 0.354 e. The summed E-state index contributed by atoms with van der Waals surface area (Å²) in [5.41, 5.74) is 1.74. The van der Waals surface area contributed by atoms with Crippen molar-refractivity contribution in [3.63, 3.8) is 0 Å². The molecule has 0 aromatic carbocycles. The van der Waals surface area contributed by atoms with E-state index in [1.165, 1.54) is 24.5 Å². The van der Waals surface area contributed by atoms with Crippen molar-refractivity contribution in [2.75, 3.05) is 7.05 Å². The number of likely N-dealkylation sites (N-methyl/N-ethyl adjacent to an activating group) is 1. The maximum absolute atomic E-state index is 11.4. The predicted molar refractivity (Wildman–Crippen MR) is 73.1 cm³/mol. The Hall–Kier alpha value is -1.97. The number of thiophene rings is 1. The van der Waals surface area contributed by atoms with Crippen LogP contribution in [0.15, 0.2) is 27.8 Å². The molecular weight excluding hydrogens is 266 g/mol. The molecule has 4 nitrogen and oxygen atoms in total. The summed E-state index contributed by atoms with van der Waals surface area (Å²) in [6.45, 7) is 0. The zero-order valence-electron chi connectivity index (χ0n) is 9.51. The number of nitriles is 1. The topological polar surface area (TPSA) is 65.8 Å². The third-order valence-electron chi connectivity index (χ3n) is 2.17. The lowest BCUT2D eigenvalue weighted by Gasteiger charge is -1.94. The van der Waals surface area contributed by atoms with Gasteiger partial charge in [0.15, 0.2) is 0 Å². The van der Waals surface area contributed by atoms with Gasteiger partial charge in [0.05, 0.1) is 5.69 Å². The van der Waals surface area contributed by atoms with E-state index < -0.39 is 5.91 Å². The molecule has 1 N–H and O–H groups in total. The second-order valence-corrected chi connectivity index (χ2v) is 4.98. The number of aromatic nitrogens is 1. The summed E-state index contributed by atoms with van der Waals surface area (Å²) in [5.74, 6) is -0.400. The molecule has 0 aliphatic rings. The van der Waals surface area contributed by atoms with Gasteiger partial charge >= 0.3 is 0 Å². The molecule has 0 atom stereocenters. The van der Waals surface area contributed by atoms with E-state index in [-0.39, 0.29) is 5.57 Å². The first-order chi connectivity index (χ1) is 8.74. The monoisotopic (exact) mass is 275 g/mol. The molecule has 2 heterocycles. The van der Waals surface area contributed by atoms with E-state index in [4.69, 9.17) is 5.26 Å². The van der Waals surface area contributed by atoms with Gasteiger partial charge in [0.25, 0.3) is 5.91 Å². The van der Waals surface area contributed by atoms with Crippen molar-refractivity contribution < 1.29 is 4.79 Å². The highest BCUT2D eigenvalue weighted by Gasteiger charge is 2.09. The molecule has 2 aromatic rings. The number of carbonyl (C=O) groups is 1. The maximum atomic E-state index is 11.4. The van der Waals surface area contributed by atoms with E-state index in [1.54, 1.807) is 11.3 Å². The molecule has 1 amide bonds. The molecule has 0 saturated carbocycles. The van der Waals surface area contributed by atoms with Crippen LogP contribution in [0.4, 0.5) is 0 Å². The van der Waals surface area contributed by atoms with Crippen LogP contribution < -0.4 is 5.32 Å². The average molecular weight is 275 g/mol. The Morgan fingerprint density at radius 3 is 3.00 bits per heavy atom. The molecule has 18 heavy (non-hydrogen) atoms. The highest BCUT2D eigenvalue weighted by Crippen LogP contribution is 2.26. The zero-order chi connectivity index (χ0) is 13.0. The molecule has 0 unspecified atom stereocenters. The number of rotatable bonds is 3. The Morgan fingerprint density at radius 2 is 2.39 bits per heavy atom. The van der Waals surface area contributed by atoms with Crippen LogP contribution in [0.5, 0.6) is 0 Å². The molecule has 2 rings (SSSR count). The summed E-state index contributed by atoms with van der Waals surface area (Å²) >= 11 is 3.09. The summed E-state index contributed by atoms with van der Waals surface area (Å²) in [7, 11) is 1.49. The molecule has 0 bridgehead atoms. The number of amides is 1. The lowest BCUT2D eigenvalue weighted by Crippen LogP contribution is -2.19. The van der Waals surface area contributed by atoms with Gasteiger partial charge < -0.3 is 5.32 Å². The van der Waals surface area contributed by atoms with Gasteiger partial charge in [-0.05, 0) is 17.5 Å². The van der Waals surface area contributed by atoms with Crippen LogP contribution in [0.3, 0.4) is 0 Å². The molecule has 0 aliphatic carbocycles. The summed E-state index contributed by atoms with van der Waals surface area (Å²) in [6, 6.07) is 3.85. The second-order valence-electron chi connectivity index (χ2n) is 3.34. The smallest absolute Gasteiger partial charge is 0.261 e. The first-order valence-electron chi connectivity index (χ1n) is 5.06. The molecule has 0 spiro atoms. The third-order valence-corrected chi connectivity index (χ3v) is 3.77. The van der Waals surface area contributed by atoms with Gasteiger partial charge in [0.2, 0.25) is 0 Å². The van der Waals surface area contributed by atoms with Gasteiger partial charge in [-0.1, -0.05) is 0 Å². The van der Waals surface area contributed by atoms with E-state index in [9.17, 15) is 4.79 Å². The van der Waals surface area contributed by atoms with Crippen molar-refractivity contribution in [2.24, 2.45) is 0 Å². The summed E-state index contributed by atoms with van der Waals surface area (Å²) in [4.78, 5) is 15.7. The van der Waals surface area contributed by atoms with Crippen LogP contribution in [0.1, 0.15) is 5.69 Å². The lowest BCUT2D eigenvalue weighted by atomic mass is 10.2. The zero-order valence-corrected chi connectivity index (χ0v) is 11.1. The SMILES string of the molecule is CNC(=O)/C(C#N)=C\c1csc(-c2ccsc2)n1. The van der Waals surface area contributed by atoms with E-state index in [0.717, 1.165) is 10.6 Å². The number of hydrogen-bond donors (Lipinski definition) is 1. The fraction of sp³-hybridized carbons (Fsp3) is 0.0833. The Labute approximate surface area is 112 Å². The molecule has 0 fully saturated rings. The van der Waals surface area contributed by atoms with Gasteiger partial charge in [-0.25, -0.2) is 4.98 Å². The fourth-order valence-electron chi connectivity index (χ4n) is 1.30. The Bertz CT molecular complexity index is 620. The standard InChI is InChI=1S/C12H9N3OS2/c1-14-11(16)9(5-13)4-10-7-18-12(15-10)8-2-3-17-6-8/h2-4,6-7H,1H3,(H,14,16)/b9-4-. The number of nitrogens with one attached hydrogen (secondary N) is 1. The Kier molecular flexibility index (Phi) is 3.87. The molecule has 0 radical (unpaired) electrons. The first-order valence-corrected chi connectivity index (χ1v) is 6.89. The molecule has 6 heteroatoms. The molecule has 2 aromatic heterocycles. The van der Waals surface area contributed by atoms with Crippen LogP contribution in [-0.4, -0.2) is 17.9 Å². The van der Waals surface area contributed by atoms with Crippen molar-refractivity contribution in [3.05, 3.63) is 33.5 Å². The van der Waals surface area contributed by atoms with Crippen molar-refractivity contribution in [2.45, 2.75) is 0 Å². The highest BCUT2D eigenvalue weighted by molar-refractivity contribution is 7.14. The fourth-order valence-corrected chi connectivity index (χ4v) is 2.79. The van der Waals surface area contributed by atoms with Crippen molar-refractivity contribution >= 4 is 34.7 Å². The third kappa shape index (κ3) is 2.64. The minimum absolute atomic E-state index is 0.0552. The summed E-state index contributed by atoms with van der Waals surface area (Å²) in [6.07, 6.45) is 1.49. The van der Waals surface area contributed by atoms with Gasteiger partial charge in [-0.2, -0.15) is 16.6 Å². The van der Waals surface area contributed by atoms with Gasteiger partial charge in [-0.3, -0.25) is 4.79 Å². The Morgan fingerprint density at radius 1 is 1.56 bits per heavy atom. The van der Waals surface area contributed by atoms with E-state index in [1.807, 2.05) is 28.3 Å². The first kappa shape index (κ1) is 12.5. The van der Waals surface area contributed by atoms with E-state index in [0.29, 0.717) is 5.69 Å². The maximum Gasteiger partial charge on any atom is 0.261 e. The van der Waals surface area contributed by atoms with Gasteiger partial charge in [0.1, 0.15) is 16.6 Å². The highest BCUT2D eigenvalue weighted by atomic mass is 32.1. The average Bonchev–Trinajstić information content (AvgIpc) is 3.05. The molecule has 0 saturated heterocycles. The van der Waals surface area contributed by atoms with Crippen LogP contribution in [0.25, 0.3) is 16.6 Å². The van der Waals surface area contributed by atoms with Crippen LogP contribution in [0.2, 0.25) is 0 Å². The predicted octanol–water partition coefficient (Wildman–Crippen LogP) is 2.52. The molecule has 90 valence electrons. The summed E-state index contributed by atoms with van der Waals surface area (Å²) < 4.78 is 0. The molecular formula is C12H9N3OS2. The number of thiazole rings is 1. The molecule has 0 aliphatic heterocycles.